The lowest BCUT2D eigenvalue weighted by atomic mass is 9.95. The Morgan fingerprint density at radius 1 is 1.19 bits per heavy atom. The van der Waals surface area contributed by atoms with Crippen LogP contribution in [0.25, 0.3) is 0 Å². The number of nitrogens with zero attached hydrogens (tertiary/aromatic N) is 1. The Hall–Kier alpha value is -0.120. The van der Waals surface area contributed by atoms with E-state index in [1.165, 1.54) is 45.1 Å². The molecule has 1 aliphatic carbocycles. The van der Waals surface area contributed by atoms with Crippen LogP contribution in [0.4, 0.5) is 0 Å². The molecule has 1 unspecified atom stereocenters. The first-order chi connectivity index (χ1) is 9.90. The summed E-state index contributed by atoms with van der Waals surface area (Å²) in [6.45, 7) is 11.8. The highest BCUT2D eigenvalue weighted by Crippen LogP contribution is 2.43. The molecule has 3 nitrogen and oxygen atoms in total. The van der Waals surface area contributed by atoms with Crippen molar-refractivity contribution in [1.82, 2.24) is 4.90 Å². The summed E-state index contributed by atoms with van der Waals surface area (Å²) in [6, 6.07) is 0.622. The number of hydrogen-bond donors (Lipinski definition) is 0. The second-order valence-electron chi connectivity index (χ2n) is 8.49. The average Bonchev–Trinajstić information content (AvgIpc) is 3.08. The Kier molecular flexibility index (Phi) is 4.37. The van der Waals surface area contributed by atoms with Gasteiger partial charge in [-0.1, -0.05) is 0 Å². The van der Waals surface area contributed by atoms with Crippen molar-refractivity contribution in [2.24, 2.45) is 5.92 Å². The summed E-state index contributed by atoms with van der Waals surface area (Å²) in [6.07, 6.45) is 8.41. The van der Waals surface area contributed by atoms with Crippen LogP contribution in [0, 0.1) is 5.92 Å². The van der Waals surface area contributed by atoms with Gasteiger partial charge in [0.1, 0.15) is 0 Å². The SMILES string of the molecule is CC(OC[C@@H]1CC[C@]2(COC(C)(C)C)CCCN12)C1CC1. The van der Waals surface area contributed by atoms with Crippen LogP contribution < -0.4 is 0 Å². The summed E-state index contributed by atoms with van der Waals surface area (Å²) in [5.74, 6) is 0.846. The molecule has 0 aromatic rings. The van der Waals surface area contributed by atoms with Gasteiger partial charge in [-0.25, -0.2) is 0 Å². The molecule has 2 heterocycles. The maximum atomic E-state index is 6.17. The molecule has 3 aliphatic rings. The highest BCUT2D eigenvalue weighted by Gasteiger charge is 2.49. The molecule has 2 saturated heterocycles. The van der Waals surface area contributed by atoms with Crippen molar-refractivity contribution < 1.29 is 9.47 Å². The lowest BCUT2D eigenvalue weighted by molar-refractivity contribution is -0.0640. The molecule has 0 radical (unpaired) electrons. The monoisotopic (exact) mass is 295 g/mol. The highest BCUT2D eigenvalue weighted by atomic mass is 16.5. The third-order valence-corrected chi connectivity index (χ3v) is 5.65. The first-order valence-corrected chi connectivity index (χ1v) is 8.92. The fraction of sp³-hybridized carbons (Fsp3) is 1.00. The Morgan fingerprint density at radius 3 is 2.62 bits per heavy atom. The number of hydrogen-bond acceptors (Lipinski definition) is 3. The van der Waals surface area contributed by atoms with Crippen molar-refractivity contribution in [2.45, 2.75) is 89.5 Å². The Labute approximate surface area is 130 Å². The zero-order valence-corrected chi connectivity index (χ0v) is 14.4. The quantitative estimate of drug-likeness (QED) is 0.747. The van der Waals surface area contributed by atoms with E-state index >= 15 is 0 Å². The van der Waals surface area contributed by atoms with Gasteiger partial charge in [0.25, 0.3) is 0 Å². The first kappa shape index (κ1) is 15.8. The second-order valence-corrected chi connectivity index (χ2v) is 8.49. The van der Waals surface area contributed by atoms with Gasteiger partial charge >= 0.3 is 0 Å². The fourth-order valence-electron chi connectivity index (χ4n) is 4.10. The van der Waals surface area contributed by atoms with Crippen molar-refractivity contribution >= 4 is 0 Å². The molecule has 0 aromatic carbocycles. The van der Waals surface area contributed by atoms with Crippen LogP contribution in [0.1, 0.15) is 66.2 Å². The molecule has 0 N–H and O–H groups in total. The van der Waals surface area contributed by atoms with Crippen molar-refractivity contribution in [3.63, 3.8) is 0 Å². The number of ether oxygens (including phenoxy) is 2. The van der Waals surface area contributed by atoms with E-state index in [0.29, 0.717) is 17.7 Å². The van der Waals surface area contributed by atoms with Gasteiger partial charge < -0.3 is 9.47 Å². The van der Waals surface area contributed by atoms with E-state index in [-0.39, 0.29) is 5.60 Å². The Balaban J connectivity index is 1.54. The molecular weight excluding hydrogens is 262 g/mol. The van der Waals surface area contributed by atoms with Crippen LogP contribution >= 0.6 is 0 Å². The first-order valence-electron chi connectivity index (χ1n) is 8.92. The van der Waals surface area contributed by atoms with E-state index in [1.807, 2.05) is 0 Å². The maximum Gasteiger partial charge on any atom is 0.0657 e. The van der Waals surface area contributed by atoms with Crippen LogP contribution in [0.15, 0.2) is 0 Å². The molecule has 1 saturated carbocycles. The summed E-state index contributed by atoms with van der Waals surface area (Å²) in [7, 11) is 0. The smallest absolute Gasteiger partial charge is 0.0657 e. The van der Waals surface area contributed by atoms with Gasteiger partial charge in [0.15, 0.2) is 0 Å². The Morgan fingerprint density at radius 2 is 1.95 bits per heavy atom. The Bertz CT molecular complexity index is 361. The molecule has 0 aromatic heterocycles. The topological polar surface area (TPSA) is 21.7 Å². The van der Waals surface area contributed by atoms with E-state index in [0.717, 1.165) is 19.1 Å². The lowest BCUT2D eigenvalue weighted by Crippen LogP contribution is -2.48. The molecule has 0 spiro atoms. The van der Waals surface area contributed by atoms with Gasteiger partial charge in [0, 0.05) is 11.6 Å². The van der Waals surface area contributed by atoms with Gasteiger partial charge in [-0.2, -0.15) is 0 Å². The minimum atomic E-state index is -0.0297. The normalized spacial score (nSPS) is 35.1. The van der Waals surface area contributed by atoms with Crippen molar-refractivity contribution in [2.75, 3.05) is 19.8 Å². The predicted molar refractivity (Wildman–Crippen MR) is 85.5 cm³/mol. The molecule has 122 valence electrons. The molecule has 21 heavy (non-hydrogen) atoms. The molecule has 0 bridgehead atoms. The summed E-state index contributed by atoms with van der Waals surface area (Å²) >= 11 is 0. The lowest BCUT2D eigenvalue weighted by Gasteiger charge is -2.37. The summed E-state index contributed by atoms with van der Waals surface area (Å²) < 4.78 is 12.3. The highest BCUT2D eigenvalue weighted by molar-refractivity contribution is 5.04. The zero-order valence-electron chi connectivity index (χ0n) is 14.4. The van der Waals surface area contributed by atoms with Crippen molar-refractivity contribution in [3.05, 3.63) is 0 Å². The van der Waals surface area contributed by atoms with E-state index in [9.17, 15) is 0 Å². The minimum Gasteiger partial charge on any atom is -0.377 e. The van der Waals surface area contributed by atoms with Crippen molar-refractivity contribution in [1.29, 1.82) is 0 Å². The molecule has 2 aliphatic heterocycles. The predicted octanol–water partition coefficient (Wildman–Crippen LogP) is 3.61. The molecule has 3 rings (SSSR count). The maximum absolute atomic E-state index is 6.17. The van der Waals surface area contributed by atoms with Crippen LogP contribution in [0.2, 0.25) is 0 Å². The summed E-state index contributed by atoms with van der Waals surface area (Å²) in [5.41, 5.74) is 0.280. The molecule has 3 fully saturated rings. The van der Waals surface area contributed by atoms with Gasteiger partial charge in [0.2, 0.25) is 0 Å². The largest absolute Gasteiger partial charge is 0.377 e. The van der Waals surface area contributed by atoms with E-state index in [4.69, 9.17) is 9.47 Å². The number of rotatable bonds is 6. The minimum absolute atomic E-state index is 0.0297. The number of fused-ring (bicyclic) bond motifs is 1. The van der Waals surface area contributed by atoms with Gasteiger partial charge in [-0.3, -0.25) is 4.90 Å². The molecule has 3 heteroatoms. The van der Waals surface area contributed by atoms with E-state index < -0.39 is 0 Å². The average molecular weight is 295 g/mol. The third-order valence-electron chi connectivity index (χ3n) is 5.65. The molecular formula is C18H33NO2. The van der Waals surface area contributed by atoms with Crippen molar-refractivity contribution in [3.8, 4) is 0 Å². The summed E-state index contributed by atoms with van der Waals surface area (Å²) in [5, 5.41) is 0. The third kappa shape index (κ3) is 3.62. The van der Waals surface area contributed by atoms with Gasteiger partial charge in [-0.15, -0.1) is 0 Å². The standard InChI is InChI=1S/C18H33NO2/c1-14(15-6-7-15)20-12-16-8-10-18(9-5-11-19(16)18)13-21-17(2,3)4/h14-16H,5-13H2,1-4H3/t14?,16-,18-/m0/s1. The van der Waals surface area contributed by atoms with E-state index in [2.05, 4.69) is 32.6 Å². The molecule has 3 atom stereocenters. The van der Waals surface area contributed by atoms with Crippen LogP contribution in [0.3, 0.4) is 0 Å². The zero-order chi connectivity index (χ0) is 15.1. The van der Waals surface area contributed by atoms with Crippen LogP contribution in [-0.2, 0) is 9.47 Å². The van der Waals surface area contributed by atoms with E-state index in [1.54, 1.807) is 0 Å². The molecule has 0 amide bonds. The fourth-order valence-corrected chi connectivity index (χ4v) is 4.10. The van der Waals surface area contributed by atoms with Gasteiger partial charge in [-0.05, 0) is 78.7 Å². The van der Waals surface area contributed by atoms with Gasteiger partial charge in [0.05, 0.1) is 24.9 Å². The second kappa shape index (κ2) is 5.82. The van der Waals surface area contributed by atoms with Crippen LogP contribution in [0.5, 0.6) is 0 Å². The van der Waals surface area contributed by atoms with Crippen LogP contribution in [-0.4, -0.2) is 47.9 Å². The summed E-state index contributed by atoms with van der Waals surface area (Å²) in [4.78, 5) is 2.72.